The summed E-state index contributed by atoms with van der Waals surface area (Å²) in [7, 11) is 3.48. The number of aliphatic hydroxyl groups is 1. The van der Waals surface area contributed by atoms with Gasteiger partial charge in [0.25, 0.3) is 5.56 Å². The van der Waals surface area contributed by atoms with Crippen LogP contribution in [0.3, 0.4) is 0 Å². The van der Waals surface area contributed by atoms with Crippen molar-refractivity contribution in [3.8, 4) is 0 Å². The first-order chi connectivity index (χ1) is 10.5. The van der Waals surface area contributed by atoms with E-state index in [2.05, 4.69) is 10.3 Å². The van der Waals surface area contributed by atoms with Gasteiger partial charge in [0.1, 0.15) is 5.82 Å². The second kappa shape index (κ2) is 7.02. The highest BCUT2D eigenvalue weighted by molar-refractivity contribution is 5.94. The number of hydrogen-bond acceptors (Lipinski definition) is 5. The van der Waals surface area contributed by atoms with E-state index in [0.29, 0.717) is 43.7 Å². The van der Waals surface area contributed by atoms with Crippen molar-refractivity contribution in [2.45, 2.75) is 45.3 Å². The SMILES string of the molecule is CNCC1=Nc2c(c(=O)n(CCCC[C@@H](C)O)c(=O)n2C)C1. The van der Waals surface area contributed by atoms with Crippen molar-refractivity contribution in [3.05, 3.63) is 26.4 Å². The molecular formula is C15H24N4O3. The van der Waals surface area contributed by atoms with Gasteiger partial charge in [0, 0.05) is 32.3 Å². The van der Waals surface area contributed by atoms with Crippen LogP contribution in [0.2, 0.25) is 0 Å². The van der Waals surface area contributed by atoms with Gasteiger partial charge in [-0.3, -0.25) is 13.9 Å². The molecule has 22 heavy (non-hydrogen) atoms. The van der Waals surface area contributed by atoms with Gasteiger partial charge in [-0.1, -0.05) is 0 Å². The van der Waals surface area contributed by atoms with E-state index in [9.17, 15) is 14.7 Å². The number of aliphatic imine (C=N–C) groups is 1. The summed E-state index contributed by atoms with van der Waals surface area (Å²) >= 11 is 0. The first kappa shape index (κ1) is 16.6. The summed E-state index contributed by atoms with van der Waals surface area (Å²) in [5.41, 5.74) is 0.916. The Balaban J connectivity index is 2.23. The molecule has 122 valence electrons. The summed E-state index contributed by atoms with van der Waals surface area (Å²) in [6, 6.07) is 0. The highest BCUT2D eigenvalue weighted by atomic mass is 16.3. The summed E-state index contributed by atoms with van der Waals surface area (Å²) in [6.07, 6.45) is 2.30. The minimum Gasteiger partial charge on any atom is -0.393 e. The van der Waals surface area contributed by atoms with Gasteiger partial charge in [-0.25, -0.2) is 9.79 Å². The fourth-order valence-electron chi connectivity index (χ4n) is 2.72. The third-order valence-electron chi connectivity index (χ3n) is 3.89. The number of rotatable bonds is 7. The molecule has 0 saturated heterocycles. The summed E-state index contributed by atoms with van der Waals surface area (Å²) < 4.78 is 2.74. The molecule has 7 nitrogen and oxygen atoms in total. The van der Waals surface area contributed by atoms with E-state index in [1.54, 1.807) is 14.0 Å². The second-order valence-corrected chi connectivity index (χ2v) is 5.83. The van der Waals surface area contributed by atoms with Crippen molar-refractivity contribution in [3.63, 3.8) is 0 Å². The molecule has 7 heteroatoms. The largest absolute Gasteiger partial charge is 0.393 e. The van der Waals surface area contributed by atoms with Crippen LogP contribution in [0.5, 0.6) is 0 Å². The average Bonchev–Trinajstić information content (AvgIpc) is 2.88. The van der Waals surface area contributed by atoms with Crippen LogP contribution in [0.1, 0.15) is 31.7 Å². The molecule has 2 N–H and O–H groups in total. The number of hydrogen-bond donors (Lipinski definition) is 2. The predicted octanol–water partition coefficient (Wildman–Crippen LogP) is -0.0539. The van der Waals surface area contributed by atoms with Crippen LogP contribution in [0.25, 0.3) is 0 Å². The number of nitrogens with one attached hydrogen (secondary N) is 1. The van der Waals surface area contributed by atoms with Crippen molar-refractivity contribution in [1.82, 2.24) is 14.5 Å². The maximum atomic E-state index is 12.5. The minimum atomic E-state index is -0.350. The molecule has 0 aromatic carbocycles. The van der Waals surface area contributed by atoms with Gasteiger partial charge in [-0.15, -0.1) is 0 Å². The van der Waals surface area contributed by atoms with Crippen LogP contribution in [0, 0.1) is 0 Å². The Morgan fingerprint density at radius 2 is 2.09 bits per heavy atom. The molecule has 1 aromatic rings. The van der Waals surface area contributed by atoms with Gasteiger partial charge in [0.05, 0.1) is 11.7 Å². The zero-order valence-electron chi connectivity index (χ0n) is 13.4. The van der Waals surface area contributed by atoms with Crippen LogP contribution in [-0.4, -0.2) is 39.6 Å². The first-order valence-electron chi connectivity index (χ1n) is 7.67. The standard InChI is InChI=1S/C15H24N4O3/c1-10(20)6-4-5-7-19-14(21)12-8-11(9-16-2)17-13(12)18(3)15(19)22/h10,16,20H,4-9H2,1-3H3/t10-/m1/s1. The van der Waals surface area contributed by atoms with Gasteiger partial charge >= 0.3 is 5.69 Å². The lowest BCUT2D eigenvalue weighted by molar-refractivity contribution is 0.180. The van der Waals surface area contributed by atoms with E-state index >= 15 is 0 Å². The monoisotopic (exact) mass is 308 g/mol. The molecule has 0 spiro atoms. The number of nitrogens with zero attached hydrogens (tertiary/aromatic N) is 3. The molecule has 1 aliphatic rings. The van der Waals surface area contributed by atoms with Crippen molar-refractivity contribution < 1.29 is 5.11 Å². The van der Waals surface area contributed by atoms with Gasteiger partial charge in [0.15, 0.2) is 0 Å². The molecule has 1 aliphatic heterocycles. The molecule has 1 aromatic heterocycles. The fraction of sp³-hybridized carbons (Fsp3) is 0.667. The molecule has 2 heterocycles. The second-order valence-electron chi connectivity index (χ2n) is 5.83. The number of aromatic nitrogens is 2. The normalized spacial score (nSPS) is 14.8. The molecule has 0 unspecified atom stereocenters. The number of fused-ring (bicyclic) bond motifs is 1. The number of unbranched alkanes of at least 4 members (excludes halogenated alkanes) is 1. The molecule has 0 bridgehead atoms. The first-order valence-corrected chi connectivity index (χ1v) is 7.67. The van der Waals surface area contributed by atoms with E-state index in [1.807, 2.05) is 7.05 Å². The maximum Gasteiger partial charge on any atom is 0.332 e. The minimum absolute atomic E-state index is 0.231. The van der Waals surface area contributed by atoms with Gasteiger partial charge in [-0.05, 0) is 33.2 Å². The summed E-state index contributed by atoms with van der Waals surface area (Å²) in [5, 5.41) is 12.3. The third-order valence-corrected chi connectivity index (χ3v) is 3.89. The fourth-order valence-corrected chi connectivity index (χ4v) is 2.72. The van der Waals surface area contributed by atoms with Crippen LogP contribution < -0.4 is 16.6 Å². The highest BCUT2D eigenvalue weighted by Gasteiger charge is 2.23. The van der Waals surface area contributed by atoms with E-state index in [0.717, 1.165) is 12.1 Å². The summed E-state index contributed by atoms with van der Waals surface area (Å²) in [5.74, 6) is 0.487. The topological polar surface area (TPSA) is 88.6 Å². The van der Waals surface area contributed by atoms with Gasteiger partial charge in [-0.2, -0.15) is 0 Å². The maximum absolute atomic E-state index is 12.5. The Hall–Kier alpha value is -1.73. The van der Waals surface area contributed by atoms with Crippen LogP contribution in [0.15, 0.2) is 14.6 Å². The average molecular weight is 308 g/mol. The number of aliphatic hydroxyl groups excluding tert-OH is 1. The van der Waals surface area contributed by atoms with Crippen molar-refractivity contribution in [1.29, 1.82) is 0 Å². The highest BCUT2D eigenvalue weighted by Crippen LogP contribution is 2.21. The molecule has 1 atom stereocenters. The molecule has 2 rings (SSSR count). The third kappa shape index (κ3) is 3.36. The van der Waals surface area contributed by atoms with Crippen molar-refractivity contribution in [2.24, 2.45) is 12.0 Å². The molecule has 0 radical (unpaired) electrons. The molecular weight excluding hydrogens is 284 g/mol. The van der Waals surface area contributed by atoms with Crippen molar-refractivity contribution in [2.75, 3.05) is 13.6 Å². The molecule has 0 fully saturated rings. The zero-order chi connectivity index (χ0) is 16.3. The lowest BCUT2D eigenvalue weighted by atomic mass is 10.1. The van der Waals surface area contributed by atoms with E-state index < -0.39 is 0 Å². The van der Waals surface area contributed by atoms with Gasteiger partial charge < -0.3 is 10.4 Å². The Morgan fingerprint density at radius 3 is 2.73 bits per heavy atom. The van der Waals surface area contributed by atoms with Crippen LogP contribution in [-0.2, 0) is 20.0 Å². The Labute approximate surface area is 129 Å². The van der Waals surface area contributed by atoms with Gasteiger partial charge in [0.2, 0.25) is 0 Å². The van der Waals surface area contributed by atoms with Crippen LogP contribution in [0.4, 0.5) is 5.82 Å². The van der Waals surface area contributed by atoms with Crippen molar-refractivity contribution >= 4 is 11.5 Å². The molecule has 0 amide bonds. The smallest absolute Gasteiger partial charge is 0.332 e. The van der Waals surface area contributed by atoms with E-state index in [4.69, 9.17) is 0 Å². The molecule has 0 aliphatic carbocycles. The lowest BCUT2D eigenvalue weighted by Crippen LogP contribution is -2.40. The summed E-state index contributed by atoms with van der Waals surface area (Å²) in [4.78, 5) is 29.2. The Bertz CT molecular complexity index is 685. The van der Waals surface area contributed by atoms with E-state index in [-0.39, 0.29) is 17.4 Å². The summed E-state index contributed by atoms with van der Waals surface area (Å²) in [6.45, 7) is 2.73. The quantitative estimate of drug-likeness (QED) is 0.691. The van der Waals surface area contributed by atoms with Crippen LogP contribution >= 0.6 is 0 Å². The Morgan fingerprint density at radius 1 is 1.36 bits per heavy atom. The zero-order valence-corrected chi connectivity index (χ0v) is 13.4. The predicted molar refractivity (Wildman–Crippen MR) is 86.2 cm³/mol. The van der Waals surface area contributed by atoms with E-state index in [1.165, 1.54) is 9.13 Å². The molecule has 0 saturated carbocycles. The lowest BCUT2D eigenvalue weighted by Gasteiger charge is -2.11. The Kier molecular flexibility index (Phi) is 5.31.